The Kier molecular flexibility index (Phi) is 6.86. The van der Waals surface area contributed by atoms with Crippen LogP contribution in [0.4, 0.5) is 4.79 Å². The first-order valence-corrected chi connectivity index (χ1v) is 1.58. The predicted octanol–water partition coefficient (Wildman–Crippen LogP) is -0.403. The molecule has 0 aromatic carbocycles. The summed E-state index contributed by atoms with van der Waals surface area (Å²) in [6.45, 7) is 2.67. The highest BCUT2D eigenvalue weighted by molar-refractivity contribution is 5.69. The summed E-state index contributed by atoms with van der Waals surface area (Å²) in [4.78, 5) is 9.00. The number of carbonyl (C=O) groups excluding carboxylic acids is 1. The van der Waals surface area contributed by atoms with Crippen LogP contribution in [0.2, 0.25) is 0 Å². The van der Waals surface area contributed by atoms with E-state index in [9.17, 15) is 0 Å². The van der Waals surface area contributed by atoms with E-state index < -0.39 is 12.0 Å². The maximum Gasteiger partial charge on any atom is 0.309 e. The third-order valence-corrected chi connectivity index (χ3v) is 0. The largest absolute Gasteiger partial charge is 0.482 e. The van der Waals surface area contributed by atoms with Crippen molar-refractivity contribution in [2.24, 2.45) is 11.5 Å². The molecule has 0 aliphatic rings. The van der Waals surface area contributed by atoms with Crippen molar-refractivity contribution >= 4 is 6.03 Å². The molecule has 0 unspecified atom stereocenters. The summed E-state index contributed by atoms with van der Waals surface area (Å²) in [6.07, 6.45) is 0. The highest BCUT2D eigenvalue weighted by Crippen LogP contribution is 1.58. The van der Waals surface area contributed by atoms with Crippen molar-refractivity contribution < 1.29 is 15.0 Å². The number of hydrogen-bond acceptors (Lipinski definition) is 3. The van der Waals surface area contributed by atoms with Gasteiger partial charge in [-0.15, -0.1) is 0 Å². The normalized spacial score (nSPS) is 6.00. The van der Waals surface area contributed by atoms with Crippen LogP contribution >= 0.6 is 0 Å². The highest BCUT2D eigenvalue weighted by atomic mass is 16.5. The summed E-state index contributed by atoms with van der Waals surface area (Å²) in [5.74, 6) is -0.833. The summed E-state index contributed by atoms with van der Waals surface area (Å²) in [6, 6.07) is -0.833. The van der Waals surface area contributed by atoms with Gasteiger partial charge in [-0.2, -0.15) is 0 Å². The lowest BCUT2D eigenvalue weighted by Gasteiger charge is -1.69. The minimum atomic E-state index is -0.833. The average molecular weight is 120 g/mol. The highest BCUT2D eigenvalue weighted by Gasteiger charge is 1.60. The Morgan fingerprint density at radius 3 is 1.38 bits per heavy atom. The molecule has 0 saturated heterocycles. The molecule has 5 heteroatoms. The molecule has 2 amide bonds. The topological polar surface area (TPSA) is 110 Å². The number of carbonyl (C=O) groups is 1. The Labute approximate surface area is 46.2 Å². The van der Waals surface area contributed by atoms with E-state index in [2.05, 4.69) is 18.0 Å². The van der Waals surface area contributed by atoms with Crippen molar-refractivity contribution in [1.82, 2.24) is 0 Å². The van der Waals surface area contributed by atoms with Crippen LogP contribution in [0.25, 0.3) is 0 Å². The number of aliphatic hydroxyl groups is 2. The molecule has 0 aliphatic carbocycles. The van der Waals surface area contributed by atoms with Crippen LogP contribution in [0.5, 0.6) is 0 Å². The molecular formula is C3H8N2O3. The predicted molar refractivity (Wildman–Crippen MR) is 28.2 cm³/mol. The second-order valence-electron chi connectivity index (χ2n) is 0.819. The van der Waals surface area contributed by atoms with E-state index in [4.69, 9.17) is 15.0 Å². The molecule has 0 atom stereocenters. The van der Waals surface area contributed by atoms with E-state index in [1.54, 1.807) is 0 Å². The third kappa shape index (κ3) is 31.1. The Bertz CT molecular complexity index is 70.5. The molecule has 0 aromatic rings. The van der Waals surface area contributed by atoms with Crippen molar-refractivity contribution in [2.75, 3.05) is 0 Å². The van der Waals surface area contributed by atoms with Crippen LogP contribution in [-0.2, 0) is 0 Å². The van der Waals surface area contributed by atoms with Crippen LogP contribution in [0.3, 0.4) is 0 Å². The second-order valence-corrected chi connectivity index (χ2v) is 0.819. The molecule has 0 aliphatic heterocycles. The fourth-order valence-electron chi connectivity index (χ4n) is 0. The van der Waals surface area contributed by atoms with Gasteiger partial charge in [0, 0.05) is 0 Å². The van der Waals surface area contributed by atoms with Crippen molar-refractivity contribution in [3.8, 4) is 0 Å². The molecule has 0 fully saturated rings. The SMILES string of the molecule is C=C(O)O.NC(N)=O. The zero-order valence-corrected chi connectivity index (χ0v) is 4.16. The fourth-order valence-corrected chi connectivity index (χ4v) is 0. The van der Waals surface area contributed by atoms with E-state index in [0.29, 0.717) is 0 Å². The molecule has 6 N–H and O–H groups in total. The minimum absolute atomic E-state index is 0.833. The quantitative estimate of drug-likeness (QED) is 0.326. The van der Waals surface area contributed by atoms with Crippen LogP contribution in [-0.4, -0.2) is 16.2 Å². The van der Waals surface area contributed by atoms with Gasteiger partial charge in [-0.1, -0.05) is 0 Å². The Morgan fingerprint density at radius 2 is 1.38 bits per heavy atom. The van der Waals surface area contributed by atoms with Gasteiger partial charge < -0.3 is 21.7 Å². The lowest BCUT2D eigenvalue weighted by Crippen LogP contribution is -2.18. The first kappa shape index (κ1) is 9.79. The summed E-state index contributed by atoms with van der Waals surface area (Å²) >= 11 is 0. The summed E-state index contributed by atoms with van der Waals surface area (Å²) in [5.41, 5.74) is 8.50. The molecule has 48 valence electrons. The zero-order valence-electron chi connectivity index (χ0n) is 4.16. The Balaban J connectivity index is 0. The first-order valence-electron chi connectivity index (χ1n) is 1.58. The molecule has 0 rings (SSSR count). The average Bonchev–Trinajstić information content (AvgIpc) is 1.25. The second kappa shape index (κ2) is 5.61. The number of rotatable bonds is 0. The van der Waals surface area contributed by atoms with Gasteiger partial charge in [0.25, 0.3) is 5.95 Å². The van der Waals surface area contributed by atoms with Gasteiger partial charge in [-0.25, -0.2) is 4.79 Å². The Hall–Kier alpha value is -1.39. The van der Waals surface area contributed by atoms with Crippen molar-refractivity contribution in [2.45, 2.75) is 0 Å². The molecule has 8 heavy (non-hydrogen) atoms. The molecule has 5 nitrogen and oxygen atoms in total. The van der Waals surface area contributed by atoms with Crippen molar-refractivity contribution in [3.05, 3.63) is 12.5 Å². The van der Waals surface area contributed by atoms with Gasteiger partial charge >= 0.3 is 6.03 Å². The summed E-state index contributed by atoms with van der Waals surface area (Å²) < 4.78 is 0. The Morgan fingerprint density at radius 1 is 1.38 bits per heavy atom. The van der Waals surface area contributed by atoms with Gasteiger partial charge in [0.15, 0.2) is 0 Å². The van der Waals surface area contributed by atoms with E-state index in [1.807, 2.05) is 0 Å². The van der Waals surface area contributed by atoms with E-state index in [-0.39, 0.29) is 0 Å². The lowest BCUT2D eigenvalue weighted by atomic mass is 11.1. The maximum absolute atomic E-state index is 9.00. The number of primary amides is 2. The molecule has 0 heterocycles. The molecular weight excluding hydrogens is 112 g/mol. The van der Waals surface area contributed by atoms with Crippen molar-refractivity contribution in [3.63, 3.8) is 0 Å². The number of amides is 2. The van der Waals surface area contributed by atoms with Crippen molar-refractivity contribution in [1.29, 1.82) is 0 Å². The van der Waals surface area contributed by atoms with Gasteiger partial charge in [0.05, 0.1) is 0 Å². The fraction of sp³-hybridized carbons (Fsp3) is 0. The standard InChI is InChI=1S/C2H4O2.CH4N2O/c1-2(3)4;2-1(3)4/h3-4H,1H2;(H4,2,3,4). The van der Waals surface area contributed by atoms with Gasteiger partial charge in [-0.05, 0) is 6.58 Å². The van der Waals surface area contributed by atoms with Gasteiger partial charge in [0.1, 0.15) is 0 Å². The van der Waals surface area contributed by atoms with E-state index in [0.717, 1.165) is 0 Å². The third-order valence-electron chi connectivity index (χ3n) is 0. The summed E-state index contributed by atoms with van der Waals surface area (Å²) in [7, 11) is 0. The molecule has 0 aromatic heterocycles. The van der Waals surface area contributed by atoms with Gasteiger partial charge in [0.2, 0.25) is 0 Å². The number of urea groups is 1. The zero-order chi connectivity index (χ0) is 7.15. The maximum atomic E-state index is 9.00. The summed E-state index contributed by atoms with van der Waals surface area (Å²) in [5, 5.41) is 14.8. The van der Waals surface area contributed by atoms with Crippen LogP contribution < -0.4 is 11.5 Å². The van der Waals surface area contributed by atoms with E-state index >= 15 is 0 Å². The minimum Gasteiger partial charge on any atom is -0.482 e. The van der Waals surface area contributed by atoms with Crippen LogP contribution in [0.15, 0.2) is 12.5 Å². The number of aliphatic hydroxyl groups excluding tert-OH is 1. The molecule has 0 bridgehead atoms. The molecule has 0 spiro atoms. The first-order chi connectivity index (χ1) is 3.46. The molecule has 0 saturated carbocycles. The number of hydrogen-bond donors (Lipinski definition) is 4. The molecule has 0 radical (unpaired) electrons. The smallest absolute Gasteiger partial charge is 0.309 e. The lowest BCUT2D eigenvalue weighted by molar-refractivity contribution is 0.194. The van der Waals surface area contributed by atoms with Crippen LogP contribution in [0, 0.1) is 0 Å². The van der Waals surface area contributed by atoms with Gasteiger partial charge in [-0.3, -0.25) is 0 Å². The van der Waals surface area contributed by atoms with E-state index in [1.165, 1.54) is 0 Å². The number of nitrogens with two attached hydrogens (primary N) is 2. The van der Waals surface area contributed by atoms with Crippen LogP contribution in [0.1, 0.15) is 0 Å². The monoisotopic (exact) mass is 120 g/mol.